The number of pyridine rings is 1. The van der Waals surface area contributed by atoms with Crippen molar-refractivity contribution >= 4 is 23.3 Å². The molecule has 166 valence electrons. The van der Waals surface area contributed by atoms with Crippen LogP contribution in [-0.2, 0) is 9.53 Å². The highest BCUT2D eigenvalue weighted by Gasteiger charge is 2.42. The molecule has 2 atom stereocenters. The van der Waals surface area contributed by atoms with Gasteiger partial charge in [0, 0.05) is 23.6 Å². The lowest BCUT2D eigenvalue weighted by Gasteiger charge is -2.29. The zero-order chi connectivity index (χ0) is 22.0. The van der Waals surface area contributed by atoms with Crippen LogP contribution in [0.2, 0.25) is 0 Å². The Labute approximate surface area is 190 Å². The van der Waals surface area contributed by atoms with E-state index in [1.807, 2.05) is 30.0 Å². The molecule has 1 aliphatic carbocycles. The summed E-state index contributed by atoms with van der Waals surface area (Å²) < 4.78 is 7.75. The first-order chi connectivity index (χ1) is 15.0. The summed E-state index contributed by atoms with van der Waals surface area (Å²) in [7, 11) is 0. The second-order valence-corrected chi connectivity index (χ2v) is 8.93. The van der Waals surface area contributed by atoms with Crippen LogP contribution in [-0.4, -0.2) is 38.7 Å². The molecule has 1 saturated carbocycles. The number of ether oxygens (including phenoxy) is 1. The molecule has 2 aliphatic rings. The standard InChI is InChI=1S/C24H32N4O2S/c1-4-30-21(29)15-27-23(22(26-24(27)31)20-12-8-9-13-25-20)19-14-16(2)28(17(19)3)18-10-6-5-7-11-18/h8-9,12-14,18,22-23H,4-7,10-11,15H2,1-3H3,(H,26,31)/t22-,23-/m0/s1. The zero-order valence-electron chi connectivity index (χ0n) is 18.6. The predicted molar refractivity (Wildman–Crippen MR) is 125 cm³/mol. The summed E-state index contributed by atoms with van der Waals surface area (Å²) in [6.45, 7) is 6.70. The van der Waals surface area contributed by atoms with E-state index in [1.54, 1.807) is 6.20 Å². The Bertz CT molecular complexity index is 937. The number of hydrogen-bond acceptors (Lipinski definition) is 4. The topological polar surface area (TPSA) is 59.4 Å². The summed E-state index contributed by atoms with van der Waals surface area (Å²) in [6, 6.07) is 8.51. The lowest BCUT2D eigenvalue weighted by Crippen LogP contribution is -2.35. The molecule has 2 aromatic rings. The van der Waals surface area contributed by atoms with Gasteiger partial charge < -0.3 is 19.5 Å². The minimum atomic E-state index is -0.264. The van der Waals surface area contributed by atoms with E-state index < -0.39 is 0 Å². The predicted octanol–water partition coefficient (Wildman–Crippen LogP) is 4.54. The van der Waals surface area contributed by atoms with Gasteiger partial charge in [-0.1, -0.05) is 25.3 Å². The number of nitrogens with zero attached hydrogens (tertiary/aromatic N) is 3. The Morgan fingerprint density at radius 2 is 2.03 bits per heavy atom. The molecule has 2 aromatic heterocycles. The molecule has 1 N–H and O–H groups in total. The fourth-order valence-corrected chi connectivity index (χ4v) is 5.57. The van der Waals surface area contributed by atoms with Crippen LogP contribution in [0.3, 0.4) is 0 Å². The first-order valence-electron chi connectivity index (χ1n) is 11.3. The van der Waals surface area contributed by atoms with Crippen LogP contribution < -0.4 is 5.32 Å². The van der Waals surface area contributed by atoms with Crippen LogP contribution >= 0.6 is 12.2 Å². The molecule has 7 heteroatoms. The molecule has 0 amide bonds. The lowest BCUT2D eigenvalue weighted by molar-refractivity contribution is -0.143. The summed E-state index contributed by atoms with van der Waals surface area (Å²) in [6.07, 6.45) is 8.17. The van der Waals surface area contributed by atoms with Crippen LogP contribution in [0.4, 0.5) is 0 Å². The van der Waals surface area contributed by atoms with Gasteiger partial charge in [-0.05, 0) is 69.6 Å². The van der Waals surface area contributed by atoms with Gasteiger partial charge in [-0.3, -0.25) is 9.78 Å². The van der Waals surface area contributed by atoms with Gasteiger partial charge in [0.1, 0.15) is 6.54 Å². The Morgan fingerprint density at radius 3 is 2.71 bits per heavy atom. The van der Waals surface area contributed by atoms with Gasteiger partial charge in [0.2, 0.25) is 0 Å². The monoisotopic (exact) mass is 440 g/mol. The minimum absolute atomic E-state index is 0.115. The molecular weight excluding hydrogens is 408 g/mol. The second-order valence-electron chi connectivity index (χ2n) is 8.55. The van der Waals surface area contributed by atoms with E-state index >= 15 is 0 Å². The molecule has 0 spiro atoms. The van der Waals surface area contributed by atoms with E-state index in [9.17, 15) is 4.79 Å². The SMILES string of the molecule is CCOC(=O)CN1C(=S)N[C@@H](c2ccccn2)[C@@H]1c1cc(C)n(C2CCCCC2)c1C. The number of aryl methyl sites for hydroxylation is 1. The maximum atomic E-state index is 12.4. The first-order valence-corrected chi connectivity index (χ1v) is 11.7. The van der Waals surface area contributed by atoms with Gasteiger partial charge in [0.15, 0.2) is 5.11 Å². The third kappa shape index (κ3) is 4.33. The number of carbonyl (C=O) groups excluding carboxylic acids is 1. The summed E-state index contributed by atoms with van der Waals surface area (Å²) >= 11 is 5.68. The van der Waals surface area contributed by atoms with E-state index in [-0.39, 0.29) is 24.6 Å². The van der Waals surface area contributed by atoms with Crippen molar-refractivity contribution < 1.29 is 9.53 Å². The van der Waals surface area contributed by atoms with Crippen molar-refractivity contribution in [1.29, 1.82) is 0 Å². The molecule has 0 bridgehead atoms. The lowest BCUT2D eigenvalue weighted by atomic mass is 9.94. The van der Waals surface area contributed by atoms with E-state index in [4.69, 9.17) is 17.0 Å². The number of aromatic nitrogens is 2. The molecule has 0 unspecified atom stereocenters. The number of thiocarbonyl (C=S) groups is 1. The van der Waals surface area contributed by atoms with E-state index in [1.165, 1.54) is 49.1 Å². The van der Waals surface area contributed by atoms with Crippen molar-refractivity contribution in [2.24, 2.45) is 0 Å². The van der Waals surface area contributed by atoms with Gasteiger partial charge >= 0.3 is 5.97 Å². The largest absolute Gasteiger partial charge is 0.465 e. The maximum Gasteiger partial charge on any atom is 0.325 e. The van der Waals surface area contributed by atoms with E-state index in [0.29, 0.717) is 17.8 Å². The quantitative estimate of drug-likeness (QED) is 0.526. The zero-order valence-corrected chi connectivity index (χ0v) is 19.5. The Morgan fingerprint density at radius 1 is 1.26 bits per heavy atom. The fraction of sp³-hybridized carbons (Fsp3) is 0.542. The van der Waals surface area contributed by atoms with Gasteiger partial charge in [-0.25, -0.2) is 0 Å². The van der Waals surface area contributed by atoms with Crippen LogP contribution in [0.5, 0.6) is 0 Å². The second kappa shape index (κ2) is 9.39. The molecule has 6 nitrogen and oxygen atoms in total. The van der Waals surface area contributed by atoms with Crippen molar-refractivity contribution in [2.75, 3.05) is 13.2 Å². The Balaban J connectivity index is 1.75. The average molecular weight is 441 g/mol. The highest BCUT2D eigenvalue weighted by atomic mass is 32.1. The number of esters is 1. The molecule has 1 saturated heterocycles. The minimum Gasteiger partial charge on any atom is -0.465 e. The number of carbonyl (C=O) groups is 1. The normalized spacial score (nSPS) is 21.9. The summed E-state index contributed by atoms with van der Waals surface area (Å²) in [5.74, 6) is -0.264. The highest BCUT2D eigenvalue weighted by Crippen LogP contribution is 2.42. The summed E-state index contributed by atoms with van der Waals surface area (Å²) in [5, 5.41) is 4.00. The molecule has 0 aromatic carbocycles. The van der Waals surface area contributed by atoms with Crippen LogP contribution in [0.15, 0.2) is 30.5 Å². The van der Waals surface area contributed by atoms with Crippen molar-refractivity contribution in [2.45, 2.75) is 71.0 Å². The molecular formula is C24H32N4O2S. The smallest absolute Gasteiger partial charge is 0.325 e. The molecule has 4 rings (SSSR count). The fourth-order valence-electron chi connectivity index (χ4n) is 5.26. The number of hydrogen-bond donors (Lipinski definition) is 1. The third-order valence-electron chi connectivity index (χ3n) is 6.58. The molecule has 1 aliphatic heterocycles. The van der Waals surface area contributed by atoms with Crippen molar-refractivity contribution in [3.63, 3.8) is 0 Å². The molecule has 2 fully saturated rings. The third-order valence-corrected chi connectivity index (χ3v) is 6.94. The Kier molecular flexibility index (Phi) is 6.60. The van der Waals surface area contributed by atoms with Gasteiger partial charge in [-0.15, -0.1) is 0 Å². The Hall–Kier alpha value is -2.41. The van der Waals surface area contributed by atoms with E-state index in [2.05, 4.69) is 34.8 Å². The van der Waals surface area contributed by atoms with Crippen LogP contribution in [0, 0.1) is 13.8 Å². The van der Waals surface area contributed by atoms with E-state index in [0.717, 1.165) is 5.69 Å². The first kappa shape index (κ1) is 21.8. The van der Waals surface area contributed by atoms with Gasteiger partial charge in [-0.2, -0.15) is 0 Å². The van der Waals surface area contributed by atoms with Gasteiger partial charge in [0.25, 0.3) is 0 Å². The molecule has 31 heavy (non-hydrogen) atoms. The number of nitrogens with one attached hydrogen (secondary N) is 1. The van der Waals surface area contributed by atoms with Crippen molar-refractivity contribution in [3.05, 3.63) is 53.1 Å². The van der Waals surface area contributed by atoms with Crippen molar-refractivity contribution in [3.8, 4) is 0 Å². The van der Waals surface area contributed by atoms with Gasteiger partial charge in [0.05, 0.1) is 24.4 Å². The average Bonchev–Trinajstić information content (AvgIpc) is 3.25. The molecule has 0 radical (unpaired) electrons. The number of rotatable bonds is 6. The van der Waals surface area contributed by atoms with Crippen LogP contribution in [0.25, 0.3) is 0 Å². The summed E-state index contributed by atoms with van der Waals surface area (Å²) in [5.41, 5.74) is 4.66. The summed E-state index contributed by atoms with van der Waals surface area (Å²) in [4.78, 5) is 19.0. The van der Waals surface area contributed by atoms with Crippen molar-refractivity contribution in [1.82, 2.24) is 19.8 Å². The highest BCUT2D eigenvalue weighted by molar-refractivity contribution is 7.80. The van der Waals surface area contributed by atoms with Crippen LogP contribution in [0.1, 0.15) is 79.8 Å². The maximum absolute atomic E-state index is 12.4. The molecule has 3 heterocycles.